The summed E-state index contributed by atoms with van der Waals surface area (Å²) in [4.78, 5) is 2.52. The van der Waals surface area contributed by atoms with Gasteiger partial charge in [-0.3, -0.25) is 0 Å². The molecule has 0 saturated carbocycles. The Labute approximate surface area is 107 Å². The van der Waals surface area contributed by atoms with E-state index in [0.717, 1.165) is 19.5 Å². The Morgan fingerprint density at radius 2 is 1.65 bits per heavy atom. The molecule has 0 rings (SSSR count). The molecule has 0 bridgehead atoms. The second-order valence-electron chi connectivity index (χ2n) is 5.61. The Kier molecular flexibility index (Phi) is 8.83. The van der Waals surface area contributed by atoms with Crippen molar-refractivity contribution in [3.8, 4) is 0 Å². The van der Waals surface area contributed by atoms with E-state index in [2.05, 4.69) is 25.7 Å². The summed E-state index contributed by atoms with van der Waals surface area (Å²) < 4.78 is 0. The average molecular weight is 244 g/mol. The first-order chi connectivity index (χ1) is 7.96. The van der Waals surface area contributed by atoms with E-state index in [1.807, 2.05) is 6.92 Å². The van der Waals surface area contributed by atoms with Gasteiger partial charge in [-0.05, 0) is 46.2 Å². The van der Waals surface area contributed by atoms with Crippen LogP contribution < -0.4 is 5.73 Å². The minimum absolute atomic E-state index is 0.0622. The topological polar surface area (TPSA) is 49.5 Å². The van der Waals surface area contributed by atoms with E-state index in [1.54, 1.807) is 0 Å². The van der Waals surface area contributed by atoms with E-state index >= 15 is 0 Å². The normalized spacial score (nSPS) is 17.1. The minimum Gasteiger partial charge on any atom is -0.394 e. The third kappa shape index (κ3) is 7.74. The van der Waals surface area contributed by atoms with Gasteiger partial charge in [0.2, 0.25) is 0 Å². The number of hydrogen-bond donors (Lipinski definition) is 2. The lowest BCUT2D eigenvalue weighted by atomic mass is 9.95. The Morgan fingerprint density at radius 1 is 1.18 bits per heavy atom. The molecule has 2 unspecified atom stereocenters. The van der Waals surface area contributed by atoms with Gasteiger partial charge in [0.15, 0.2) is 0 Å². The summed E-state index contributed by atoms with van der Waals surface area (Å²) in [7, 11) is 0. The van der Waals surface area contributed by atoms with Crippen LogP contribution >= 0.6 is 0 Å². The van der Waals surface area contributed by atoms with Gasteiger partial charge in [-0.25, -0.2) is 0 Å². The molecule has 0 spiro atoms. The average Bonchev–Trinajstić information content (AvgIpc) is 2.28. The maximum atomic E-state index is 9.23. The first-order valence-corrected chi connectivity index (χ1v) is 7.10. The monoisotopic (exact) mass is 244 g/mol. The second-order valence-corrected chi connectivity index (χ2v) is 5.61. The molecule has 0 aromatic carbocycles. The van der Waals surface area contributed by atoms with Gasteiger partial charge in [-0.2, -0.15) is 0 Å². The molecule has 3 nitrogen and oxygen atoms in total. The van der Waals surface area contributed by atoms with E-state index in [1.165, 1.54) is 25.7 Å². The molecule has 17 heavy (non-hydrogen) atoms. The number of aliphatic hydroxyl groups is 1. The molecule has 0 aliphatic heterocycles. The summed E-state index contributed by atoms with van der Waals surface area (Å²) >= 11 is 0. The van der Waals surface area contributed by atoms with Gasteiger partial charge < -0.3 is 15.7 Å². The van der Waals surface area contributed by atoms with Crippen LogP contribution in [-0.2, 0) is 0 Å². The zero-order valence-corrected chi connectivity index (χ0v) is 12.2. The van der Waals surface area contributed by atoms with E-state index in [9.17, 15) is 5.11 Å². The number of nitrogens with two attached hydrogens (primary N) is 1. The van der Waals surface area contributed by atoms with Gasteiger partial charge in [0, 0.05) is 11.6 Å². The van der Waals surface area contributed by atoms with Crippen molar-refractivity contribution in [2.75, 3.05) is 19.7 Å². The minimum atomic E-state index is -0.448. The van der Waals surface area contributed by atoms with Crippen LogP contribution in [0.2, 0.25) is 0 Å². The molecule has 0 heterocycles. The maximum Gasteiger partial charge on any atom is 0.0609 e. The highest BCUT2D eigenvalue weighted by molar-refractivity contribution is 4.83. The largest absolute Gasteiger partial charge is 0.394 e. The smallest absolute Gasteiger partial charge is 0.0609 e. The lowest BCUT2D eigenvalue weighted by Gasteiger charge is -2.34. The van der Waals surface area contributed by atoms with Crippen LogP contribution in [-0.4, -0.2) is 41.3 Å². The van der Waals surface area contributed by atoms with Crippen molar-refractivity contribution < 1.29 is 5.11 Å². The third-order valence-electron chi connectivity index (χ3n) is 3.34. The standard InChI is InChI=1S/C14H32N2O/c1-5-7-9-16(10-8-6-2)13(3)11-14(4,15)12-17/h13,17H,5-12,15H2,1-4H3. The van der Waals surface area contributed by atoms with Gasteiger partial charge in [-0.15, -0.1) is 0 Å². The first kappa shape index (κ1) is 16.9. The fraction of sp³-hybridized carbons (Fsp3) is 1.00. The molecule has 0 amide bonds. The van der Waals surface area contributed by atoms with Crippen LogP contribution in [0.1, 0.15) is 59.8 Å². The number of nitrogens with zero attached hydrogens (tertiary/aromatic N) is 1. The van der Waals surface area contributed by atoms with Gasteiger partial charge in [0.05, 0.1) is 6.61 Å². The molecule has 3 heteroatoms. The Bertz CT molecular complexity index is 175. The predicted molar refractivity (Wildman–Crippen MR) is 75.1 cm³/mol. The number of unbranched alkanes of at least 4 members (excludes halogenated alkanes) is 2. The van der Waals surface area contributed by atoms with Crippen LogP contribution in [0.4, 0.5) is 0 Å². The first-order valence-electron chi connectivity index (χ1n) is 7.10. The van der Waals surface area contributed by atoms with Crippen molar-refractivity contribution in [2.45, 2.75) is 71.4 Å². The van der Waals surface area contributed by atoms with Gasteiger partial charge in [0.1, 0.15) is 0 Å². The maximum absolute atomic E-state index is 9.23. The SMILES string of the molecule is CCCCN(CCCC)C(C)CC(C)(N)CO. The van der Waals surface area contributed by atoms with Crippen molar-refractivity contribution in [2.24, 2.45) is 5.73 Å². The highest BCUT2D eigenvalue weighted by Crippen LogP contribution is 2.15. The van der Waals surface area contributed by atoms with Crippen LogP contribution in [0.3, 0.4) is 0 Å². The summed E-state index contributed by atoms with van der Waals surface area (Å²) in [6.45, 7) is 11.0. The van der Waals surface area contributed by atoms with Crippen molar-refractivity contribution >= 4 is 0 Å². The predicted octanol–water partition coefficient (Wildman–Crippen LogP) is 2.38. The molecule has 0 fully saturated rings. The molecule has 0 radical (unpaired) electrons. The molecule has 0 aliphatic carbocycles. The third-order valence-corrected chi connectivity index (χ3v) is 3.34. The number of hydrogen-bond acceptors (Lipinski definition) is 3. The summed E-state index contributed by atoms with van der Waals surface area (Å²) in [5, 5.41) is 9.23. The van der Waals surface area contributed by atoms with Crippen molar-refractivity contribution in [1.82, 2.24) is 4.90 Å². The van der Waals surface area contributed by atoms with Crippen LogP contribution in [0.25, 0.3) is 0 Å². The van der Waals surface area contributed by atoms with E-state index < -0.39 is 5.54 Å². The lowest BCUT2D eigenvalue weighted by Crippen LogP contribution is -2.47. The van der Waals surface area contributed by atoms with Crippen LogP contribution in [0.5, 0.6) is 0 Å². The van der Waals surface area contributed by atoms with Gasteiger partial charge in [0.25, 0.3) is 0 Å². The number of aliphatic hydroxyl groups excluding tert-OH is 1. The van der Waals surface area contributed by atoms with E-state index in [-0.39, 0.29) is 6.61 Å². The summed E-state index contributed by atoms with van der Waals surface area (Å²) in [6, 6.07) is 0.454. The summed E-state index contributed by atoms with van der Waals surface area (Å²) in [5.74, 6) is 0. The second kappa shape index (κ2) is 8.90. The quantitative estimate of drug-likeness (QED) is 0.620. The van der Waals surface area contributed by atoms with Crippen molar-refractivity contribution in [3.63, 3.8) is 0 Å². The molecular formula is C14H32N2O. The molecular weight excluding hydrogens is 212 g/mol. The molecule has 0 aromatic rings. The molecule has 2 atom stereocenters. The lowest BCUT2D eigenvalue weighted by molar-refractivity contribution is 0.134. The van der Waals surface area contributed by atoms with Crippen molar-refractivity contribution in [3.05, 3.63) is 0 Å². The molecule has 104 valence electrons. The Hall–Kier alpha value is -0.120. The zero-order chi connectivity index (χ0) is 13.3. The van der Waals surface area contributed by atoms with Crippen molar-refractivity contribution in [1.29, 1.82) is 0 Å². The molecule has 3 N–H and O–H groups in total. The Balaban J connectivity index is 4.24. The van der Waals surface area contributed by atoms with Crippen LogP contribution in [0, 0.1) is 0 Å². The highest BCUT2D eigenvalue weighted by Gasteiger charge is 2.23. The number of rotatable bonds is 10. The molecule has 0 aliphatic rings. The van der Waals surface area contributed by atoms with E-state index in [0.29, 0.717) is 6.04 Å². The highest BCUT2D eigenvalue weighted by atomic mass is 16.3. The van der Waals surface area contributed by atoms with Crippen LogP contribution in [0.15, 0.2) is 0 Å². The van der Waals surface area contributed by atoms with Gasteiger partial charge in [-0.1, -0.05) is 26.7 Å². The molecule has 0 aromatic heterocycles. The summed E-state index contributed by atoms with van der Waals surface area (Å²) in [6.07, 6.45) is 5.81. The fourth-order valence-corrected chi connectivity index (χ4v) is 2.14. The van der Waals surface area contributed by atoms with E-state index in [4.69, 9.17) is 5.73 Å². The molecule has 0 saturated heterocycles. The summed E-state index contributed by atoms with van der Waals surface area (Å²) in [5.41, 5.74) is 5.59. The zero-order valence-electron chi connectivity index (χ0n) is 12.2. The van der Waals surface area contributed by atoms with Gasteiger partial charge >= 0.3 is 0 Å². The fourth-order valence-electron chi connectivity index (χ4n) is 2.14. The Morgan fingerprint density at radius 3 is 2.00 bits per heavy atom.